The summed E-state index contributed by atoms with van der Waals surface area (Å²) in [5, 5.41) is 3.11. The molecule has 0 amide bonds. The van der Waals surface area contributed by atoms with Gasteiger partial charge in [0.25, 0.3) is 0 Å². The summed E-state index contributed by atoms with van der Waals surface area (Å²) in [6, 6.07) is 11.7. The molecule has 0 saturated carbocycles. The van der Waals surface area contributed by atoms with Gasteiger partial charge in [0.2, 0.25) is 0 Å². The van der Waals surface area contributed by atoms with Crippen LogP contribution in [0.4, 0.5) is 21.5 Å². The molecule has 0 radical (unpaired) electrons. The lowest BCUT2D eigenvalue weighted by molar-refractivity contribution is 0.319. The van der Waals surface area contributed by atoms with Gasteiger partial charge in [-0.25, -0.2) is 4.39 Å². The van der Waals surface area contributed by atoms with E-state index in [1.807, 2.05) is 19.1 Å². The van der Waals surface area contributed by atoms with Crippen molar-refractivity contribution in [2.24, 2.45) is 0 Å². The average Bonchev–Trinajstić information content (AvgIpc) is 2.39. The van der Waals surface area contributed by atoms with Crippen molar-refractivity contribution in [2.75, 3.05) is 17.7 Å². The molecule has 0 bridgehead atoms. The van der Waals surface area contributed by atoms with Gasteiger partial charge in [0.1, 0.15) is 11.6 Å². The molecule has 0 saturated heterocycles. The number of ether oxygens (including phenoxy) is 1. The smallest absolute Gasteiger partial charge is 0.144 e. The number of nitrogen functional groups attached to an aromatic ring is 1. The summed E-state index contributed by atoms with van der Waals surface area (Å²) in [5.74, 6) is 0.367. The fourth-order valence-electron chi connectivity index (χ4n) is 1.68. The van der Waals surface area contributed by atoms with Crippen LogP contribution in [0.3, 0.4) is 0 Å². The molecule has 2 aromatic carbocycles. The summed E-state index contributed by atoms with van der Waals surface area (Å²) in [4.78, 5) is 0. The zero-order valence-electron chi connectivity index (χ0n) is 10.8. The van der Waals surface area contributed by atoms with E-state index in [1.54, 1.807) is 18.2 Å². The largest absolute Gasteiger partial charge is 0.491 e. The van der Waals surface area contributed by atoms with Crippen LogP contribution in [0.25, 0.3) is 0 Å². The second-order valence-corrected chi connectivity index (χ2v) is 4.24. The van der Waals surface area contributed by atoms with Crippen LogP contribution in [-0.2, 0) is 0 Å². The number of rotatable bonds is 5. The van der Waals surface area contributed by atoms with Gasteiger partial charge in [-0.3, -0.25) is 0 Å². The summed E-state index contributed by atoms with van der Waals surface area (Å²) in [6.07, 6.45) is 0.918. The van der Waals surface area contributed by atoms with Crippen LogP contribution >= 0.6 is 0 Å². The molecule has 19 heavy (non-hydrogen) atoms. The van der Waals surface area contributed by atoms with Gasteiger partial charge >= 0.3 is 0 Å². The van der Waals surface area contributed by atoms with Crippen LogP contribution < -0.4 is 15.8 Å². The molecule has 2 rings (SSSR count). The van der Waals surface area contributed by atoms with Crippen LogP contribution in [0, 0.1) is 5.82 Å². The third-order valence-electron chi connectivity index (χ3n) is 2.59. The fourth-order valence-corrected chi connectivity index (χ4v) is 1.68. The van der Waals surface area contributed by atoms with Crippen molar-refractivity contribution < 1.29 is 9.13 Å². The molecule has 0 heterocycles. The van der Waals surface area contributed by atoms with Crippen molar-refractivity contribution in [1.29, 1.82) is 0 Å². The molecule has 0 spiro atoms. The molecule has 0 atom stereocenters. The summed E-state index contributed by atoms with van der Waals surface area (Å²) < 4.78 is 18.6. The molecule has 100 valence electrons. The van der Waals surface area contributed by atoms with E-state index in [0.29, 0.717) is 23.7 Å². The van der Waals surface area contributed by atoms with Crippen molar-refractivity contribution in [3.63, 3.8) is 0 Å². The monoisotopic (exact) mass is 260 g/mol. The molecule has 0 fully saturated rings. The molecular formula is C15H17FN2O. The highest BCUT2D eigenvalue weighted by Crippen LogP contribution is 2.27. The molecule has 0 aliphatic heterocycles. The number of nitrogens with two attached hydrogens (primary N) is 1. The van der Waals surface area contributed by atoms with E-state index in [4.69, 9.17) is 10.5 Å². The summed E-state index contributed by atoms with van der Waals surface area (Å²) in [7, 11) is 0. The first-order valence-electron chi connectivity index (χ1n) is 6.24. The molecule has 3 nitrogen and oxygen atoms in total. The minimum Gasteiger partial charge on any atom is -0.491 e. The lowest BCUT2D eigenvalue weighted by Gasteiger charge is -2.11. The Morgan fingerprint density at radius 2 is 1.95 bits per heavy atom. The number of hydrogen-bond acceptors (Lipinski definition) is 3. The predicted octanol–water partition coefficient (Wildman–Crippen LogP) is 3.94. The summed E-state index contributed by atoms with van der Waals surface area (Å²) in [5.41, 5.74) is 7.93. The Hall–Kier alpha value is -2.23. The number of nitrogens with one attached hydrogen (secondary N) is 1. The average molecular weight is 260 g/mol. The quantitative estimate of drug-likeness (QED) is 0.800. The highest BCUT2D eigenvalue weighted by atomic mass is 19.1. The molecule has 0 aromatic heterocycles. The van der Waals surface area contributed by atoms with Crippen molar-refractivity contribution >= 4 is 17.1 Å². The topological polar surface area (TPSA) is 47.3 Å². The number of benzene rings is 2. The second-order valence-electron chi connectivity index (χ2n) is 4.24. The molecule has 0 unspecified atom stereocenters. The van der Waals surface area contributed by atoms with Crippen molar-refractivity contribution in [3.05, 3.63) is 48.3 Å². The van der Waals surface area contributed by atoms with Crippen LogP contribution in [-0.4, -0.2) is 6.61 Å². The first-order chi connectivity index (χ1) is 9.19. The molecule has 4 heteroatoms. The lowest BCUT2D eigenvalue weighted by Crippen LogP contribution is -2.00. The third kappa shape index (κ3) is 3.61. The first kappa shape index (κ1) is 13.2. The Bertz CT molecular complexity index is 558. The van der Waals surface area contributed by atoms with E-state index in [1.165, 1.54) is 12.1 Å². The molecule has 0 aliphatic rings. The Kier molecular flexibility index (Phi) is 4.23. The zero-order valence-corrected chi connectivity index (χ0v) is 10.8. The van der Waals surface area contributed by atoms with E-state index in [2.05, 4.69) is 5.32 Å². The highest BCUT2D eigenvalue weighted by Gasteiger charge is 2.03. The van der Waals surface area contributed by atoms with Gasteiger partial charge in [0.05, 0.1) is 12.3 Å². The van der Waals surface area contributed by atoms with Gasteiger partial charge in [-0.2, -0.15) is 0 Å². The number of anilines is 3. The molecular weight excluding hydrogens is 243 g/mol. The Balaban J connectivity index is 2.16. The third-order valence-corrected chi connectivity index (χ3v) is 2.59. The van der Waals surface area contributed by atoms with Gasteiger partial charge in [0.15, 0.2) is 0 Å². The maximum Gasteiger partial charge on any atom is 0.144 e. The predicted molar refractivity (Wildman–Crippen MR) is 76.3 cm³/mol. The maximum atomic E-state index is 13.1. The van der Waals surface area contributed by atoms with Crippen LogP contribution in [0.5, 0.6) is 5.75 Å². The van der Waals surface area contributed by atoms with E-state index in [-0.39, 0.29) is 5.82 Å². The van der Waals surface area contributed by atoms with Crippen molar-refractivity contribution in [2.45, 2.75) is 13.3 Å². The normalized spacial score (nSPS) is 10.2. The van der Waals surface area contributed by atoms with Gasteiger partial charge < -0.3 is 15.8 Å². The second kappa shape index (κ2) is 6.09. The van der Waals surface area contributed by atoms with Gasteiger partial charge in [0, 0.05) is 17.4 Å². The van der Waals surface area contributed by atoms with Crippen LogP contribution in [0.2, 0.25) is 0 Å². The Morgan fingerprint density at radius 1 is 1.16 bits per heavy atom. The highest BCUT2D eigenvalue weighted by molar-refractivity contribution is 5.66. The van der Waals surface area contributed by atoms with E-state index >= 15 is 0 Å². The Labute approximate surface area is 112 Å². The summed E-state index contributed by atoms with van der Waals surface area (Å²) >= 11 is 0. The summed E-state index contributed by atoms with van der Waals surface area (Å²) in [6.45, 7) is 2.65. The molecule has 3 N–H and O–H groups in total. The van der Waals surface area contributed by atoms with Gasteiger partial charge in [-0.15, -0.1) is 0 Å². The fraction of sp³-hybridized carbons (Fsp3) is 0.200. The standard InChI is InChI=1S/C15H17FN2O/c1-2-8-19-15-10-13(6-7-14(15)17)18-12-5-3-4-11(16)9-12/h3-7,9-10,18H,2,8,17H2,1H3. The van der Waals surface area contributed by atoms with Crippen LogP contribution in [0.15, 0.2) is 42.5 Å². The first-order valence-corrected chi connectivity index (χ1v) is 6.24. The minimum absolute atomic E-state index is 0.275. The lowest BCUT2D eigenvalue weighted by atomic mass is 10.2. The van der Waals surface area contributed by atoms with Crippen molar-refractivity contribution in [3.8, 4) is 5.75 Å². The van der Waals surface area contributed by atoms with E-state index < -0.39 is 0 Å². The Morgan fingerprint density at radius 3 is 2.68 bits per heavy atom. The van der Waals surface area contributed by atoms with Crippen molar-refractivity contribution in [1.82, 2.24) is 0 Å². The SMILES string of the molecule is CCCOc1cc(Nc2cccc(F)c2)ccc1N. The number of hydrogen-bond donors (Lipinski definition) is 2. The van der Waals surface area contributed by atoms with Crippen LogP contribution in [0.1, 0.15) is 13.3 Å². The minimum atomic E-state index is -0.275. The molecule has 0 aliphatic carbocycles. The zero-order chi connectivity index (χ0) is 13.7. The molecule has 2 aromatic rings. The maximum absolute atomic E-state index is 13.1. The van der Waals surface area contributed by atoms with E-state index in [9.17, 15) is 4.39 Å². The van der Waals surface area contributed by atoms with Gasteiger partial charge in [-0.05, 0) is 36.8 Å². The number of halogens is 1. The van der Waals surface area contributed by atoms with Gasteiger partial charge in [-0.1, -0.05) is 13.0 Å². The van der Waals surface area contributed by atoms with E-state index in [0.717, 1.165) is 12.1 Å².